The van der Waals surface area contributed by atoms with Gasteiger partial charge in [0.25, 0.3) is 0 Å². The van der Waals surface area contributed by atoms with Gasteiger partial charge in [-0.3, -0.25) is 4.90 Å². The summed E-state index contributed by atoms with van der Waals surface area (Å²) in [6.45, 7) is 14.3. The first-order valence-corrected chi connectivity index (χ1v) is 8.60. The first-order valence-electron chi connectivity index (χ1n) is 8.60. The van der Waals surface area contributed by atoms with Gasteiger partial charge in [-0.05, 0) is 44.2 Å². The quantitative estimate of drug-likeness (QED) is 0.714. The normalized spacial score (nSPS) is 24.9. The maximum Gasteiger partial charge on any atom is 0.00928 e. The van der Waals surface area contributed by atoms with Gasteiger partial charge in [0.15, 0.2) is 0 Å². The molecule has 1 saturated heterocycles. The Morgan fingerprint density at radius 1 is 1.16 bits per heavy atom. The van der Waals surface area contributed by atoms with E-state index in [4.69, 9.17) is 0 Å². The van der Waals surface area contributed by atoms with Crippen molar-refractivity contribution < 1.29 is 0 Å². The molecule has 1 N–H and O–H groups in total. The van der Waals surface area contributed by atoms with E-state index in [-0.39, 0.29) is 0 Å². The maximum absolute atomic E-state index is 3.59. The molecule has 2 unspecified atom stereocenters. The molecule has 0 radical (unpaired) electrons. The van der Waals surface area contributed by atoms with Gasteiger partial charge in [0.05, 0.1) is 0 Å². The zero-order chi connectivity index (χ0) is 14.1. The van der Waals surface area contributed by atoms with Crippen molar-refractivity contribution in [1.82, 2.24) is 10.2 Å². The number of nitrogens with zero attached hydrogens (tertiary/aromatic N) is 1. The van der Waals surface area contributed by atoms with Gasteiger partial charge in [-0.2, -0.15) is 0 Å². The molecule has 2 atom stereocenters. The fourth-order valence-electron chi connectivity index (χ4n) is 3.65. The summed E-state index contributed by atoms with van der Waals surface area (Å²) in [5.41, 5.74) is 0.447. The largest absolute Gasteiger partial charge is 0.316 e. The Bertz CT molecular complexity index is 229. The average molecular weight is 268 g/mol. The Morgan fingerprint density at radius 2 is 1.95 bits per heavy atom. The molecule has 0 spiro atoms. The van der Waals surface area contributed by atoms with Crippen molar-refractivity contribution in [2.45, 2.75) is 78.7 Å². The van der Waals surface area contributed by atoms with Crippen LogP contribution in [-0.4, -0.2) is 37.1 Å². The standard InChI is InChI=1S/C17H36N2/c1-5-12-17(4,14-18-7-3)15-19-13-10-8-9-11-16(19)6-2/h16,18H,5-15H2,1-4H3. The van der Waals surface area contributed by atoms with Crippen molar-refractivity contribution in [2.75, 3.05) is 26.2 Å². The third-order valence-electron chi connectivity index (χ3n) is 4.71. The molecule has 1 rings (SSSR count). The Balaban J connectivity index is 2.63. The monoisotopic (exact) mass is 268 g/mol. The molecule has 1 fully saturated rings. The SMILES string of the molecule is CCCC(C)(CNCC)CN1CCCCCC1CC. The van der Waals surface area contributed by atoms with Crippen LogP contribution in [0.1, 0.15) is 72.6 Å². The Morgan fingerprint density at radius 3 is 2.58 bits per heavy atom. The van der Waals surface area contributed by atoms with E-state index in [0.717, 1.165) is 12.6 Å². The Kier molecular flexibility index (Phi) is 8.01. The molecule has 0 amide bonds. The molecule has 0 aromatic rings. The smallest absolute Gasteiger partial charge is 0.00928 e. The molecule has 114 valence electrons. The predicted octanol–water partition coefficient (Wildman–Crippen LogP) is 4.06. The second kappa shape index (κ2) is 8.97. The molecular formula is C17H36N2. The van der Waals surface area contributed by atoms with Crippen LogP contribution in [0.2, 0.25) is 0 Å². The summed E-state index contributed by atoms with van der Waals surface area (Å²) < 4.78 is 0. The van der Waals surface area contributed by atoms with Gasteiger partial charge < -0.3 is 5.32 Å². The molecule has 0 bridgehead atoms. The van der Waals surface area contributed by atoms with Crippen LogP contribution in [0.25, 0.3) is 0 Å². The van der Waals surface area contributed by atoms with Crippen LogP contribution in [-0.2, 0) is 0 Å². The number of hydrogen-bond acceptors (Lipinski definition) is 2. The van der Waals surface area contributed by atoms with Crippen molar-refractivity contribution >= 4 is 0 Å². The van der Waals surface area contributed by atoms with E-state index in [1.807, 2.05) is 0 Å². The topological polar surface area (TPSA) is 15.3 Å². The van der Waals surface area contributed by atoms with E-state index < -0.39 is 0 Å². The molecule has 0 aromatic heterocycles. The first kappa shape index (κ1) is 17.0. The van der Waals surface area contributed by atoms with Crippen LogP contribution in [0.5, 0.6) is 0 Å². The summed E-state index contributed by atoms with van der Waals surface area (Å²) in [5.74, 6) is 0. The highest BCUT2D eigenvalue weighted by Gasteiger charge is 2.29. The molecule has 2 nitrogen and oxygen atoms in total. The highest BCUT2D eigenvalue weighted by molar-refractivity contribution is 4.84. The minimum Gasteiger partial charge on any atom is -0.316 e. The third-order valence-corrected chi connectivity index (χ3v) is 4.71. The van der Waals surface area contributed by atoms with E-state index in [1.54, 1.807) is 0 Å². The lowest BCUT2D eigenvalue weighted by atomic mass is 9.84. The molecule has 1 aliphatic rings. The van der Waals surface area contributed by atoms with E-state index in [9.17, 15) is 0 Å². The molecule has 2 heteroatoms. The Labute approximate surface area is 121 Å². The average Bonchev–Trinajstić information content (AvgIpc) is 2.61. The summed E-state index contributed by atoms with van der Waals surface area (Å²) in [4.78, 5) is 2.81. The summed E-state index contributed by atoms with van der Waals surface area (Å²) in [5, 5.41) is 3.59. The fraction of sp³-hybridized carbons (Fsp3) is 1.00. The second-order valence-electron chi connectivity index (χ2n) is 6.72. The fourth-order valence-corrected chi connectivity index (χ4v) is 3.65. The lowest BCUT2D eigenvalue weighted by Crippen LogP contribution is -2.46. The summed E-state index contributed by atoms with van der Waals surface area (Å²) in [7, 11) is 0. The second-order valence-corrected chi connectivity index (χ2v) is 6.72. The van der Waals surface area contributed by atoms with E-state index in [1.165, 1.54) is 64.6 Å². The third kappa shape index (κ3) is 5.83. The highest BCUT2D eigenvalue weighted by Crippen LogP contribution is 2.28. The van der Waals surface area contributed by atoms with Gasteiger partial charge in [0.2, 0.25) is 0 Å². The van der Waals surface area contributed by atoms with Crippen molar-refractivity contribution in [3.05, 3.63) is 0 Å². The number of nitrogens with one attached hydrogen (secondary N) is 1. The molecular weight excluding hydrogens is 232 g/mol. The van der Waals surface area contributed by atoms with Crippen LogP contribution >= 0.6 is 0 Å². The summed E-state index contributed by atoms with van der Waals surface area (Å²) in [6, 6.07) is 0.834. The van der Waals surface area contributed by atoms with Crippen LogP contribution in [0.3, 0.4) is 0 Å². The molecule has 19 heavy (non-hydrogen) atoms. The van der Waals surface area contributed by atoms with Crippen LogP contribution in [0.4, 0.5) is 0 Å². The van der Waals surface area contributed by atoms with Crippen LogP contribution in [0.15, 0.2) is 0 Å². The van der Waals surface area contributed by atoms with E-state index in [2.05, 4.69) is 37.9 Å². The van der Waals surface area contributed by atoms with Crippen molar-refractivity contribution in [3.63, 3.8) is 0 Å². The summed E-state index contributed by atoms with van der Waals surface area (Å²) >= 11 is 0. The first-order chi connectivity index (χ1) is 9.15. The number of likely N-dealkylation sites (tertiary alicyclic amines) is 1. The molecule has 0 aromatic carbocycles. The van der Waals surface area contributed by atoms with Gasteiger partial charge in [0.1, 0.15) is 0 Å². The van der Waals surface area contributed by atoms with Gasteiger partial charge in [-0.25, -0.2) is 0 Å². The van der Waals surface area contributed by atoms with Gasteiger partial charge in [-0.15, -0.1) is 0 Å². The van der Waals surface area contributed by atoms with Gasteiger partial charge in [0, 0.05) is 19.1 Å². The van der Waals surface area contributed by atoms with E-state index in [0.29, 0.717) is 5.41 Å². The van der Waals surface area contributed by atoms with Gasteiger partial charge >= 0.3 is 0 Å². The molecule has 1 aliphatic heterocycles. The minimum absolute atomic E-state index is 0.447. The lowest BCUT2D eigenvalue weighted by molar-refractivity contribution is 0.109. The van der Waals surface area contributed by atoms with Gasteiger partial charge in [-0.1, -0.05) is 47.0 Å². The van der Waals surface area contributed by atoms with E-state index >= 15 is 0 Å². The maximum atomic E-state index is 3.59. The zero-order valence-electron chi connectivity index (χ0n) is 13.8. The minimum atomic E-state index is 0.447. The number of hydrogen-bond donors (Lipinski definition) is 1. The molecule has 0 aliphatic carbocycles. The van der Waals surface area contributed by atoms with Crippen molar-refractivity contribution in [3.8, 4) is 0 Å². The van der Waals surface area contributed by atoms with Crippen molar-refractivity contribution in [1.29, 1.82) is 0 Å². The van der Waals surface area contributed by atoms with Crippen molar-refractivity contribution in [2.24, 2.45) is 5.41 Å². The highest BCUT2D eigenvalue weighted by atomic mass is 15.2. The molecule has 1 heterocycles. The lowest BCUT2D eigenvalue weighted by Gasteiger charge is -2.39. The predicted molar refractivity (Wildman–Crippen MR) is 85.7 cm³/mol. The summed E-state index contributed by atoms with van der Waals surface area (Å²) in [6.07, 6.45) is 9.65. The Hall–Kier alpha value is -0.0800. The number of rotatable bonds is 8. The van der Waals surface area contributed by atoms with Crippen LogP contribution in [0, 0.1) is 5.41 Å². The van der Waals surface area contributed by atoms with Crippen LogP contribution < -0.4 is 5.32 Å². The zero-order valence-corrected chi connectivity index (χ0v) is 13.8. The molecule has 0 saturated carbocycles.